The molecule has 0 unspecified atom stereocenters. The van der Waals surface area contributed by atoms with E-state index in [0.29, 0.717) is 38.4 Å². The van der Waals surface area contributed by atoms with Crippen LogP contribution in [0.25, 0.3) is 0 Å². The van der Waals surface area contributed by atoms with Gasteiger partial charge in [0.25, 0.3) is 0 Å². The number of amides is 2. The van der Waals surface area contributed by atoms with Crippen molar-refractivity contribution < 1.29 is 14.3 Å². The van der Waals surface area contributed by atoms with Gasteiger partial charge in [0.05, 0.1) is 19.8 Å². The summed E-state index contributed by atoms with van der Waals surface area (Å²) in [4.78, 5) is 23.4. The maximum absolute atomic E-state index is 11.1. The Labute approximate surface area is 82.6 Å². The van der Waals surface area contributed by atoms with E-state index in [2.05, 4.69) is 12.6 Å². The third-order valence-electron chi connectivity index (χ3n) is 1.85. The summed E-state index contributed by atoms with van der Waals surface area (Å²) in [5.74, 6) is 0.487. The average Bonchev–Trinajstić information content (AvgIpc) is 2.42. The molecule has 74 valence electrons. The molecule has 1 rings (SSSR count). The lowest BCUT2D eigenvalue weighted by Gasteiger charge is -2.12. The number of thiol groups is 1. The van der Waals surface area contributed by atoms with Crippen molar-refractivity contribution in [2.45, 2.75) is 12.8 Å². The predicted octanol–water partition coefficient (Wildman–Crippen LogP) is 0.0818. The fourth-order valence-electron chi connectivity index (χ4n) is 1.19. The van der Waals surface area contributed by atoms with Crippen molar-refractivity contribution in [3.63, 3.8) is 0 Å². The minimum atomic E-state index is -0.0838. The summed E-state index contributed by atoms with van der Waals surface area (Å²) >= 11 is 3.97. The third-order valence-corrected chi connectivity index (χ3v) is 2.03. The molecule has 13 heavy (non-hydrogen) atoms. The number of ether oxygens (including phenoxy) is 1. The zero-order chi connectivity index (χ0) is 9.68. The van der Waals surface area contributed by atoms with Crippen molar-refractivity contribution in [1.29, 1.82) is 0 Å². The molecule has 0 aromatic carbocycles. The Morgan fingerprint density at radius 3 is 2.38 bits per heavy atom. The van der Waals surface area contributed by atoms with Crippen molar-refractivity contribution in [1.82, 2.24) is 4.90 Å². The highest BCUT2D eigenvalue weighted by atomic mass is 32.1. The first-order chi connectivity index (χ1) is 6.25. The van der Waals surface area contributed by atoms with E-state index < -0.39 is 0 Å². The van der Waals surface area contributed by atoms with Crippen LogP contribution < -0.4 is 0 Å². The molecule has 0 aromatic heterocycles. The molecular weight excluding hydrogens is 190 g/mol. The van der Waals surface area contributed by atoms with Crippen LogP contribution in [-0.4, -0.2) is 42.2 Å². The molecule has 1 aliphatic heterocycles. The van der Waals surface area contributed by atoms with Crippen molar-refractivity contribution in [2.75, 3.05) is 25.5 Å². The Kier molecular flexibility index (Phi) is 4.24. The van der Waals surface area contributed by atoms with E-state index in [1.807, 2.05) is 0 Å². The van der Waals surface area contributed by atoms with Gasteiger partial charge >= 0.3 is 0 Å². The quantitative estimate of drug-likeness (QED) is 0.391. The third kappa shape index (κ3) is 3.00. The zero-order valence-corrected chi connectivity index (χ0v) is 8.26. The number of hydrogen-bond donors (Lipinski definition) is 1. The standard InChI is InChI=1S/C8H13NO3S/c10-7-1-2-8(11)9(7)3-4-12-5-6-13/h13H,1-6H2. The van der Waals surface area contributed by atoms with E-state index in [1.165, 1.54) is 4.90 Å². The van der Waals surface area contributed by atoms with E-state index in [4.69, 9.17) is 4.74 Å². The lowest BCUT2D eigenvalue weighted by Crippen LogP contribution is -2.32. The molecule has 5 heteroatoms. The average molecular weight is 203 g/mol. The van der Waals surface area contributed by atoms with Crippen LogP contribution in [-0.2, 0) is 14.3 Å². The number of nitrogens with zero attached hydrogens (tertiary/aromatic N) is 1. The minimum Gasteiger partial charge on any atom is -0.379 e. The van der Waals surface area contributed by atoms with Gasteiger partial charge in [0.1, 0.15) is 0 Å². The van der Waals surface area contributed by atoms with Crippen LogP contribution in [0.4, 0.5) is 0 Å². The summed E-state index contributed by atoms with van der Waals surface area (Å²) in [6.45, 7) is 1.35. The number of imide groups is 1. The maximum atomic E-state index is 11.1. The lowest BCUT2D eigenvalue weighted by molar-refractivity contribution is -0.139. The van der Waals surface area contributed by atoms with Gasteiger partial charge in [-0.3, -0.25) is 14.5 Å². The summed E-state index contributed by atoms with van der Waals surface area (Å²) in [7, 11) is 0. The van der Waals surface area contributed by atoms with Gasteiger partial charge in [0.2, 0.25) is 11.8 Å². The van der Waals surface area contributed by atoms with Crippen LogP contribution in [0, 0.1) is 0 Å². The van der Waals surface area contributed by atoms with Gasteiger partial charge < -0.3 is 4.74 Å². The largest absolute Gasteiger partial charge is 0.379 e. The number of hydrogen-bond acceptors (Lipinski definition) is 4. The van der Waals surface area contributed by atoms with Crippen LogP contribution >= 0.6 is 12.6 Å². The van der Waals surface area contributed by atoms with Gasteiger partial charge in [-0.2, -0.15) is 12.6 Å². The van der Waals surface area contributed by atoms with Gasteiger partial charge in [-0.25, -0.2) is 0 Å². The Morgan fingerprint density at radius 2 is 1.85 bits per heavy atom. The first kappa shape index (κ1) is 10.5. The van der Waals surface area contributed by atoms with Crippen molar-refractivity contribution in [3.8, 4) is 0 Å². The molecule has 0 N–H and O–H groups in total. The Balaban J connectivity index is 2.20. The molecule has 0 aromatic rings. The molecule has 4 nitrogen and oxygen atoms in total. The normalized spacial score (nSPS) is 17.2. The molecule has 0 spiro atoms. The molecule has 1 fully saturated rings. The van der Waals surface area contributed by atoms with Crippen molar-refractivity contribution in [2.24, 2.45) is 0 Å². The fraction of sp³-hybridized carbons (Fsp3) is 0.750. The van der Waals surface area contributed by atoms with Crippen molar-refractivity contribution in [3.05, 3.63) is 0 Å². The van der Waals surface area contributed by atoms with E-state index in [0.717, 1.165) is 0 Å². The second kappa shape index (κ2) is 5.24. The summed E-state index contributed by atoms with van der Waals surface area (Å²) < 4.78 is 5.12. The van der Waals surface area contributed by atoms with Gasteiger partial charge in [-0.05, 0) is 0 Å². The molecule has 0 bridgehead atoms. The Morgan fingerprint density at radius 1 is 1.23 bits per heavy atom. The van der Waals surface area contributed by atoms with Crippen LogP contribution in [0.3, 0.4) is 0 Å². The zero-order valence-electron chi connectivity index (χ0n) is 7.36. The fourth-order valence-corrected chi connectivity index (χ4v) is 1.32. The molecule has 1 aliphatic rings. The predicted molar refractivity (Wildman–Crippen MR) is 50.6 cm³/mol. The second-order valence-electron chi connectivity index (χ2n) is 2.78. The van der Waals surface area contributed by atoms with Crippen LogP contribution in [0.5, 0.6) is 0 Å². The maximum Gasteiger partial charge on any atom is 0.229 e. The van der Waals surface area contributed by atoms with Gasteiger partial charge in [0.15, 0.2) is 0 Å². The molecule has 0 saturated carbocycles. The Bertz CT molecular complexity index is 192. The second-order valence-corrected chi connectivity index (χ2v) is 3.22. The minimum absolute atomic E-state index is 0.0838. The molecule has 0 atom stereocenters. The first-order valence-corrected chi connectivity index (χ1v) is 4.90. The van der Waals surface area contributed by atoms with Crippen molar-refractivity contribution >= 4 is 24.4 Å². The van der Waals surface area contributed by atoms with Crippen LogP contribution in [0.2, 0.25) is 0 Å². The summed E-state index contributed by atoms with van der Waals surface area (Å²) in [6, 6.07) is 0. The number of carbonyl (C=O) groups is 2. The molecule has 2 amide bonds. The first-order valence-electron chi connectivity index (χ1n) is 4.27. The lowest BCUT2D eigenvalue weighted by atomic mass is 10.4. The molecule has 1 heterocycles. The van der Waals surface area contributed by atoms with Gasteiger partial charge in [-0.15, -0.1) is 0 Å². The van der Waals surface area contributed by atoms with E-state index in [9.17, 15) is 9.59 Å². The highest BCUT2D eigenvalue weighted by molar-refractivity contribution is 7.80. The van der Waals surface area contributed by atoms with E-state index >= 15 is 0 Å². The number of carbonyl (C=O) groups excluding carboxylic acids is 2. The summed E-state index contributed by atoms with van der Waals surface area (Å²) in [6.07, 6.45) is 0.705. The molecule has 0 radical (unpaired) electrons. The molecule has 1 saturated heterocycles. The summed E-state index contributed by atoms with van der Waals surface area (Å²) in [5, 5.41) is 0. The topological polar surface area (TPSA) is 46.6 Å². The Hall–Kier alpha value is -0.550. The van der Waals surface area contributed by atoms with Gasteiger partial charge in [-0.1, -0.05) is 0 Å². The summed E-state index contributed by atoms with van der Waals surface area (Å²) in [5.41, 5.74) is 0. The molecular formula is C8H13NO3S. The smallest absolute Gasteiger partial charge is 0.229 e. The molecule has 0 aliphatic carbocycles. The number of rotatable bonds is 5. The highest BCUT2D eigenvalue weighted by Gasteiger charge is 2.27. The SMILES string of the molecule is O=C1CCC(=O)N1CCOCCS. The van der Waals surface area contributed by atoms with Crippen LogP contribution in [0.15, 0.2) is 0 Å². The van der Waals surface area contributed by atoms with E-state index in [1.54, 1.807) is 0 Å². The van der Waals surface area contributed by atoms with E-state index in [-0.39, 0.29) is 11.8 Å². The van der Waals surface area contributed by atoms with Crippen LogP contribution in [0.1, 0.15) is 12.8 Å². The van der Waals surface area contributed by atoms with Gasteiger partial charge in [0, 0.05) is 18.6 Å². The highest BCUT2D eigenvalue weighted by Crippen LogP contribution is 2.10. The number of likely N-dealkylation sites (tertiary alicyclic amines) is 1. The monoisotopic (exact) mass is 203 g/mol.